The van der Waals surface area contributed by atoms with Crippen LogP contribution in [0.5, 0.6) is 0 Å². The summed E-state index contributed by atoms with van der Waals surface area (Å²) < 4.78 is 2.09. The minimum atomic E-state index is -0.148. The van der Waals surface area contributed by atoms with Crippen molar-refractivity contribution in [1.82, 2.24) is 19.8 Å². The van der Waals surface area contributed by atoms with Gasteiger partial charge in [-0.3, -0.25) is 9.59 Å². The normalized spacial score (nSPS) is 14.8. The van der Waals surface area contributed by atoms with E-state index in [2.05, 4.69) is 21.8 Å². The molecule has 1 aromatic heterocycles. The molecule has 0 aliphatic carbocycles. The standard InChI is InChI=1S/C15H18N4O2S/c1-2-19-12-6-4-3-5-11(12)17-13(19)9-16-14(20)10-18-7-8-22-15(18)21/h3-6H,2,7-10H2,1H3,(H,16,20). The number of hydrogen-bond acceptors (Lipinski definition) is 4. The molecule has 1 saturated heterocycles. The highest BCUT2D eigenvalue weighted by Crippen LogP contribution is 2.17. The molecule has 1 aliphatic rings. The van der Waals surface area contributed by atoms with Gasteiger partial charge in [-0.1, -0.05) is 23.9 Å². The molecule has 6 nitrogen and oxygen atoms in total. The third-order valence-electron chi connectivity index (χ3n) is 3.67. The highest BCUT2D eigenvalue weighted by Gasteiger charge is 2.23. The van der Waals surface area contributed by atoms with Gasteiger partial charge in [-0.2, -0.15) is 0 Å². The van der Waals surface area contributed by atoms with Gasteiger partial charge in [-0.25, -0.2) is 4.98 Å². The predicted molar refractivity (Wildman–Crippen MR) is 86.7 cm³/mol. The summed E-state index contributed by atoms with van der Waals surface area (Å²) >= 11 is 1.26. The number of nitrogens with zero attached hydrogens (tertiary/aromatic N) is 3. The maximum Gasteiger partial charge on any atom is 0.282 e. The van der Waals surface area contributed by atoms with Gasteiger partial charge < -0.3 is 14.8 Å². The summed E-state index contributed by atoms with van der Waals surface area (Å²) in [5, 5.41) is 2.84. The van der Waals surface area contributed by atoms with Crippen molar-refractivity contribution in [3.8, 4) is 0 Å². The smallest absolute Gasteiger partial charge is 0.282 e. The third kappa shape index (κ3) is 2.94. The first-order valence-electron chi connectivity index (χ1n) is 7.31. The molecule has 3 rings (SSSR count). The number of carbonyl (C=O) groups is 2. The Morgan fingerprint density at radius 1 is 1.41 bits per heavy atom. The monoisotopic (exact) mass is 318 g/mol. The molecule has 1 N–H and O–H groups in total. The minimum absolute atomic E-state index is 0.0176. The number of aryl methyl sites for hydroxylation is 1. The SMILES string of the molecule is CCn1c(CNC(=O)CN2CCSC2=O)nc2ccccc21. The molecule has 2 amide bonds. The van der Waals surface area contributed by atoms with E-state index in [0.29, 0.717) is 13.1 Å². The molecular formula is C15H18N4O2S. The summed E-state index contributed by atoms with van der Waals surface area (Å²) in [6.07, 6.45) is 0. The molecule has 0 bridgehead atoms. The van der Waals surface area contributed by atoms with Crippen molar-refractivity contribution in [2.24, 2.45) is 0 Å². The average molecular weight is 318 g/mol. The highest BCUT2D eigenvalue weighted by atomic mass is 32.2. The molecule has 1 aromatic carbocycles. The Kier molecular flexibility index (Phi) is 4.33. The van der Waals surface area contributed by atoms with Crippen LogP contribution in [0.1, 0.15) is 12.7 Å². The summed E-state index contributed by atoms with van der Waals surface area (Å²) in [5.41, 5.74) is 2.00. The zero-order valence-corrected chi connectivity index (χ0v) is 13.2. The molecule has 2 heterocycles. The Bertz CT molecular complexity index is 713. The number of amides is 2. The number of para-hydroxylation sites is 2. The van der Waals surface area contributed by atoms with Crippen molar-refractivity contribution in [2.75, 3.05) is 18.8 Å². The second-order valence-corrected chi connectivity index (χ2v) is 6.12. The Balaban J connectivity index is 1.66. The van der Waals surface area contributed by atoms with E-state index in [1.165, 1.54) is 11.8 Å². The van der Waals surface area contributed by atoms with Crippen LogP contribution >= 0.6 is 11.8 Å². The van der Waals surface area contributed by atoms with E-state index in [1.54, 1.807) is 4.90 Å². The van der Waals surface area contributed by atoms with Crippen LogP contribution in [0.15, 0.2) is 24.3 Å². The Labute approximate surface area is 132 Å². The number of nitrogens with one attached hydrogen (secondary N) is 1. The minimum Gasteiger partial charge on any atom is -0.347 e. The maximum absolute atomic E-state index is 12.0. The molecule has 0 saturated carbocycles. The van der Waals surface area contributed by atoms with Gasteiger partial charge in [0.05, 0.1) is 17.6 Å². The van der Waals surface area contributed by atoms with Crippen LogP contribution in [-0.2, 0) is 17.9 Å². The predicted octanol–water partition coefficient (Wildman–Crippen LogP) is 1.84. The van der Waals surface area contributed by atoms with E-state index in [9.17, 15) is 9.59 Å². The lowest BCUT2D eigenvalue weighted by atomic mass is 10.3. The van der Waals surface area contributed by atoms with E-state index in [1.807, 2.05) is 24.3 Å². The van der Waals surface area contributed by atoms with E-state index < -0.39 is 0 Å². The van der Waals surface area contributed by atoms with Crippen molar-refractivity contribution in [3.05, 3.63) is 30.1 Å². The number of aromatic nitrogens is 2. The zero-order chi connectivity index (χ0) is 15.5. The Morgan fingerprint density at radius 2 is 2.23 bits per heavy atom. The van der Waals surface area contributed by atoms with Crippen LogP contribution in [-0.4, -0.2) is 44.4 Å². The fraction of sp³-hybridized carbons (Fsp3) is 0.400. The van der Waals surface area contributed by atoms with Crippen molar-refractivity contribution in [1.29, 1.82) is 0 Å². The number of rotatable bonds is 5. The van der Waals surface area contributed by atoms with Crippen LogP contribution in [0.3, 0.4) is 0 Å². The van der Waals surface area contributed by atoms with Crippen LogP contribution in [0, 0.1) is 0 Å². The van der Waals surface area contributed by atoms with Gasteiger partial charge in [-0.15, -0.1) is 0 Å². The first-order chi connectivity index (χ1) is 10.7. The van der Waals surface area contributed by atoms with Gasteiger partial charge in [0.25, 0.3) is 5.24 Å². The lowest BCUT2D eigenvalue weighted by molar-refractivity contribution is -0.121. The number of carbonyl (C=O) groups excluding carboxylic acids is 2. The van der Waals surface area contributed by atoms with Crippen LogP contribution < -0.4 is 5.32 Å². The van der Waals surface area contributed by atoms with Gasteiger partial charge in [0.1, 0.15) is 12.4 Å². The van der Waals surface area contributed by atoms with E-state index >= 15 is 0 Å². The van der Waals surface area contributed by atoms with Gasteiger partial charge in [0, 0.05) is 18.8 Å². The topological polar surface area (TPSA) is 67.2 Å². The molecule has 0 radical (unpaired) electrons. The number of benzene rings is 1. The van der Waals surface area contributed by atoms with E-state index in [4.69, 9.17) is 0 Å². The number of imidazole rings is 1. The van der Waals surface area contributed by atoms with E-state index in [-0.39, 0.29) is 17.7 Å². The molecule has 22 heavy (non-hydrogen) atoms. The molecule has 1 fully saturated rings. The van der Waals surface area contributed by atoms with Crippen molar-refractivity contribution >= 4 is 33.9 Å². The molecule has 7 heteroatoms. The zero-order valence-electron chi connectivity index (χ0n) is 12.4. The Morgan fingerprint density at radius 3 is 2.95 bits per heavy atom. The first-order valence-corrected chi connectivity index (χ1v) is 8.30. The van der Waals surface area contributed by atoms with Crippen LogP contribution in [0.25, 0.3) is 11.0 Å². The number of thioether (sulfide) groups is 1. The van der Waals surface area contributed by atoms with Crippen LogP contribution in [0.4, 0.5) is 4.79 Å². The molecule has 0 spiro atoms. The second kappa shape index (κ2) is 6.39. The largest absolute Gasteiger partial charge is 0.347 e. The fourth-order valence-corrected chi connectivity index (χ4v) is 3.41. The lowest BCUT2D eigenvalue weighted by Gasteiger charge is -2.14. The summed E-state index contributed by atoms with van der Waals surface area (Å²) in [5.74, 6) is 1.45. The fourth-order valence-electron chi connectivity index (χ4n) is 2.59. The maximum atomic E-state index is 12.0. The second-order valence-electron chi connectivity index (χ2n) is 5.07. The van der Waals surface area contributed by atoms with Gasteiger partial charge in [0.15, 0.2) is 0 Å². The van der Waals surface area contributed by atoms with Gasteiger partial charge >= 0.3 is 0 Å². The molecule has 0 atom stereocenters. The third-order valence-corrected chi connectivity index (χ3v) is 4.56. The van der Waals surface area contributed by atoms with Gasteiger partial charge in [-0.05, 0) is 19.1 Å². The molecule has 1 aliphatic heterocycles. The quantitative estimate of drug-likeness (QED) is 0.913. The molecule has 2 aromatic rings. The summed E-state index contributed by atoms with van der Waals surface area (Å²) in [7, 11) is 0. The molecular weight excluding hydrogens is 300 g/mol. The molecule has 116 valence electrons. The van der Waals surface area contributed by atoms with Gasteiger partial charge in [0.2, 0.25) is 5.91 Å². The first kappa shape index (κ1) is 14.9. The van der Waals surface area contributed by atoms with Crippen molar-refractivity contribution < 1.29 is 9.59 Å². The van der Waals surface area contributed by atoms with E-state index in [0.717, 1.165) is 29.2 Å². The van der Waals surface area contributed by atoms with Crippen LogP contribution in [0.2, 0.25) is 0 Å². The number of fused-ring (bicyclic) bond motifs is 1. The number of hydrogen-bond donors (Lipinski definition) is 1. The summed E-state index contributed by atoms with van der Waals surface area (Å²) in [4.78, 5) is 29.6. The average Bonchev–Trinajstić information content (AvgIpc) is 3.08. The Hall–Kier alpha value is -2.02. The lowest BCUT2D eigenvalue weighted by Crippen LogP contribution is -2.37. The summed E-state index contributed by atoms with van der Waals surface area (Å²) in [6.45, 7) is 3.99. The molecule has 0 unspecified atom stereocenters. The van der Waals surface area contributed by atoms with Crippen molar-refractivity contribution in [3.63, 3.8) is 0 Å². The highest BCUT2D eigenvalue weighted by molar-refractivity contribution is 8.13. The van der Waals surface area contributed by atoms with Crippen molar-refractivity contribution in [2.45, 2.75) is 20.0 Å². The summed E-state index contributed by atoms with van der Waals surface area (Å²) in [6, 6.07) is 7.92.